The van der Waals surface area contributed by atoms with Gasteiger partial charge in [0.15, 0.2) is 0 Å². The van der Waals surface area contributed by atoms with E-state index in [1.165, 1.54) is 24.8 Å². The first-order valence-electron chi connectivity index (χ1n) is 11.8. The third kappa shape index (κ3) is 6.15. The van der Waals surface area contributed by atoms with Gasteiger partial charge in [0.2, 0.25) is 0 Å². The Bertz CT molecular complexity index is 736. The molecule has 1 heterocycles. The quantitative estimate of drug-likeness (QED) is 0.319. The normalized spacial score (nSPS) is 29.5. The van der Waals surface area contributed by atoms with E-state index in [-0.39, 0.29) is 0 Å². The second-order valence-corrected chi connectivity index (χ2v) is 9.74. The molecule has 1 nitrogen and oxygen atoms in total. The van der Waals surface area contributed by atoms with Gasteiger partial charge >= 0.3 is 0 Å². The zero-order valence-corrected chi connectivity index (χ0v) is 19.9. The SMILES string of the molecule is C=C/C=C(\C=C(\C)C(C)F)CCC(C(=C)C1=CCCC=N1)C1C[C@@H](C)[C@@](C)(CC)C1. The van der Waals surface area contributed by atoms with Crippen molar-refractivity contribution in [1.29, 1.82) is 0 Å². The maximum absolute atomic E-state index is 13.7. The van der Waals surface area contributed by atoms with Crippen LogP contribution in [0.5, 0.6) is 0 Å². The van der Waals surface area contributed by atoms with Gasteiger partial charge in [0, 0.05) is 6.21 Å². The second kappa shape index (κ2) is 11.1. The lowest BCUT2D eigenvalue weighted by atomic mass is 9.76. The molecule has 5 atom stereocenters. The first kappa shape index (κ1) is 24.6. The number of allylic oxidation sites excluding steroid dienone is 7. The van der Waals surface area contributed by atoms with E-state index < -0.39 is 6.17 Å². The Labute approximate surface area is 184 Å². The second-order valence-electron chi connectivity index (χ2n) is 9.74. The molecular weight excluding hydrogens is 369 g/mol. The van der Waals surface area contributed by atoms with Crippen molar-refractivity contribution in [3.63, 3.8) is 0 Å². The van der Waals surface area contributed by atoms with Crippen LogP contribution in [-0.4, -0.2) is 12.4 Å². The number of hydrogen-bond donors (Lipinski definition) is 0. The highest BCUT2D eigenvalue weighted by Gasteiger charge is 2.43. The van der Waals surface area contributed by atoms with Crippen LogP contribution in [0.15, 0.2) is 64.9 Å². The molecule has 0 aromatic heterocycles. The van der Waals surface area contributed by atoms with Gasteiger partial charge in [-0.05, 0) is 92.3 Å². The lowest BCUT2D eigenvalue weighted by Gasteiger charge is -2.30. The number of alkyl halides is 1. The Kier molecular flexibility index (Phi) is 9.07. The van der Waals surface area contributed by atoms with Gasteiger partial charge in [0.05, 0.1) is 5.70 Å². The molecule has 1 fully saturated rings. The number of hydrogen-bond acceptors (Lipinski definition) is 1. The molecule has 2 aliphatic rings. The smallest absolute Gasteiger partial charge is 0.118 e. The van der Waals surface area contributed by atoms with E-state index in [0.717, 1.165) is 48.4 Å². The lowest BCUT2D eigenvalue weighted by molar-refractivity contribution is 0.228. The molecule has 1 aliphatic heterocycles. The van der Waals surface area contributed by atoms with Crippen LogP contribution >= 0.6 is 0 Å². The van der Waals surface area contributed by atoms with E-state index in [4.69, 9.17) is 0 Å². The van der Waals surface area contributed by atoms with Gasteiger partial charge in [-0.3, -0.25) is 4.99 Å². The summed E-state index contributed by atoms with van der Waals surface area (Å²) in [4.78, 5) is 4.68. The summed E-state index contributed by atoms with van der Waals surface area (Å²) in [6.07, 6.45) is 16.9. The van der Waals surface area contributed by atoms with Crippen LogP contribution in [0.3, 0.4) is 0 Å². The summed E-state index contributed by atoms with van der Waals surface area (Å²) in [7, 11) is 0. The van der Waals surface area contributed by atoms with Crippen LogP contribution in [0, 0.1) is 23.2 Å². The first-order valence-corrected chi connectivity index (χ1v) is 11.8. The number of aliphatic imine (C=N–C) groups is 1. The molecule has 0 N–H and O–H groups in total. The Morgan fingerprint density at radius 3 is 2.67 bits per heavy atom. The molecule has 1 aliphatic carbocycles. The molecule has 3 unspecified atom stereocenters. The highest BCUT2D eigenvalue weighted by atomic mass is 19.1. The molecule has 30 heavy (non-hydrogen) atoms. The predicted molar refractivity (Wildman–Crippen MR) is 131 cm³/mol. The molecular formula is C28H42FN. The van der Waals surface area contributed by atoms with Crippen LogP contribution in [0.25, 0.3) is 0 Å². The first-order chi connectivity index (χ1) is 14.2. The van der Waals surface area contributed by atoms with Gasteiger partial charge in [-0.2, -0.15) is 0 Å². The Hall–Kier alpha value is -1.70. The van der Waals surface area contributed by atoms with Crippen molar-refractivity contribution >= 4 is 6.21 Å². The van der Waals surface area contributed by atoms with Gasteiger partial charge in [-0.25, -0.2) is 4.39 Å². The van der Waals surface area contributed by atoms with Crippen molar-refractivity contribution in [3.8, 4) is 0 Å². The fourth-order valence-electron chi connectivity index (χ4n) is 5.11. The molecule has 0 saturated heterocycles. The summed E-state index contributed by atoms with van der Waals surface area (Å²) in [6, 6.07) is 0. The van der Waals surface area contributed by atoms with Gasteiger partial charge in [-0.15, -0.1) is 0 Å². The number of rotatable bonds is 10. The van der Waals surface area contributed by atoms with Crippen LogP contribution in [0.1, 0.15) is 79.6 Å². The predicted octanol–water partition coefficient (Wildman–Crippen LogP) is 8.57. The van der Waals surface area contributed by atoms with Gasteiger partial charge in [0.25, 0.3) is 0 Å². The summed E-state index contributed by atoms with van der Waals surface area (Å²) in [6.45, 7) is 19.1. The van der Waals surface area contributed by atoms with E-state index >= 15 is 0 Å². The molecule has 2 rings (SSSR count). The van der Waals surface area contributed by atoms with E-state index in [0.29, 0.717) is 17.3 Å². The molecule has 0 aromatic carbocycles. The maximum atomic E-state index is 13.7. The minimum absolute atomic E-state index is 0.409. The standard InChI is InChI=1S/C28H42FN/c1-8-12-24(17-20(3)23(6)29)14-15-26(22(5)27-13-10-11-16-30-27)25-18-21(4)28(7,9-2)19-25/h8,12-13,16-17,21,23,25-26H,1,5,9-11,14-15,18-19H2,2-4,6-7H3/b20-17-,24-12-/t21-,23?,25?,26?,28+/m1/s1. The summed E-state index contributed by atoms with van der Waals surface area (Å²) in [5.74, 6) is 1.77. The maximum Gasteiger partial charge on any atom is 0.118 e. The largest absolute Gasteiger partial charge is 0.261 e. The Balaban J connectivity index is 2.25. The highest BCUT2D eigenvalue weighted by Crippen LogP contribution is 2.53. The molecule has 0 aromatic rings. The zero-order valence-electron chi connectivity index (χ0n) is 19.9. The molecule has 0 radical (unpaired) electrons. The van der Waals surface area contributed by atoms with Crippen molar-refractivity contribution in [1.82, 2.24) is 0 Å². The van der Waals surface area contributed by atoms with Gasteiger partial charge in [0.1, 0.15) is 6.17 Å². The topological polar surface area (TPSA) is 12.4 Å². The third-order valence-electron chi connectivity index (χ3n) is 7.71. The van der Waals surface area contributed by atoms with Crippen LogP contribution in [-0.2, 0) is 0 Å². The molecule has 0 amide bonds. The van der Waals surface area contributed by atoms with Crippen LogP contribution in [0.2, 0.25) is 0 Å². The highest BCUT2D eigenvalue weighted by molar-refractivity contribution is 5.62. The van der Waals surface area contributed by atoms with E-state index in [1.807, 2.05) is 31.4 Å². The van der Waals surface area contributed by atoms with Gasteiger partial charge in [-0.1, -0.05) is 64.7 Å². The van der Waals surface area contributed by atoms with E-state index in [9.17, 15) is 4.39 Å². The molecule has 1 saturated carbocycles. The van der Waals surface area contributed by atoms with Crippen molar-refractivity contribution in [2.24, 2.45) is 28.2 Å². The average molecular weight is 412 g/mol. The van der Waals surface area contributed by atoms with Crippen LogP contribution < -0.4 is 0 Å². The van der Waals surface area contributed by atoms with Crippen molar-refractivity contribution < 1.29 is 4.39 Å². The number of nitrogens with zero attached hydrogens (tertiary/aromatic N) is 1. The summed E-state index contributed by atoms with van der Waals surface area (Å²) >= 11 is 0. The van der Waals surface area contributed by atoms with Crippen LogP contribution in [0.4, 0.5) is 4.39 Å². The minimum Gasteiger partial charge on any atom is -0.261 e. The molecule has 2 heteroatoms. The lowest BCUT2D eigenvalue weighted by Crippen LogP contribution is -2.20. The minimum atomic E-state index is -0.924. The van der Waals surface area contributed by atoms with E-state index in [1.54, 1.807) is 6.92 Å². The van der Waals surface area contributed by atoms with Gasteiger partial charge < -0.3 is 0 Å². The monoisotopic (exact) mass is 411 g/mol. The molecule has 0 bridgehead atoms. The third-order valence-corrected chi connectivity index (χ3v) is 7.71. The van der Waals surface area contributed by atoms with Crippen molar-refractivity contribution in [3.05, 3.63) is 59.9 Å². The summed E-state index contributed by atoms with van der Waals surface area (Å²) < 4.78 is 13.7. The molecule has 0 spiro atoms. The number of halogens is 1. The van der Waals surface area contributed by atoms with E-state index in [2.05, 4.69) is 45.0 Å². The fourth-order valence-corrected chi connectivity index (χ4v) is 5.11. The van der Waals surface area contributed by atoms with Crippen molar-refractivity contribution in [2.75, 3.05) is 0 Å². The molecule has 166 valence electrons. The summed E-state index contributed by atoms with van der Waals surface area (Å²) in [5, 5.41) is 0. The average Bonchev–Trinajstić information content (AvgIpc) is 3.03. The zero-order chi connectivity index (χ0) is 22.3. The Morgan fingerprint density at radius 1 is 1.40 bits per heavy atom. The fraction of sp³-hybridized carbons (Fsp3) is 0.607. The Morgan fingerprint density at radius 2 is 2.13 bits per heavy atom. The van der Waals surface area contributed by atoms with Crippen molar-refractivity contribution in [2.45, 2.75) is 85.7 Å². The summed E-state index contributed by atoms with van der Waals surface area (Å²) in [5.41, 5.74) is 4.61.